The standard InChI is InChI=1S/C15H10F6S2/c16-14(17,18)10-1-5-12(6-2-10)22-9-23-13-7-3-11(4-8-13)15(19,20)21/h1-8H,9H2. The smallest absolute Gasteiger partial charge is 0.166 e. The van der Waals surface area contributed by atoms with E-state index in [2.05, 4.69) is 0 Å². The predicted molar refractivity (Wildman–Crippen MR) is 79.5 cm³/mol. The van der Waals surface area contributed by atoms with E-state index in [1.165, 1.54) is 47.8 Å². The summed E-state index contributed by atoms with van der Waals surface area (Å²) in [5.41, 5.74) is -1.42. The second-order valence-electron chi connectivity index (χ2n) is 4.45. The first-order valence-electron chi connectivity index (χ1n) is 6.26. The van der Waals surface area contributed by atoms with Gasteiger partial charge in [0, 0.05) is 14.9 Å². The normalized spacial score (nSPS) is 12.4. The van der Waals surface area contributed by atoms with Crippen LogP contribution in [-0.4, -0.2) is 5.08 Å². The Kier molecular flexibility index (Phi) is 5.57. The molecule has 0 bridgehead atoms. The van der Waals surface area contributed by atoms with Crippen LogP contribution in [-0.2, 0) is 12.4 Å². The van der Waals surface area contributed by atoms with Crippen molar-refractivity contribution >= 4 is 23.5 Å². The number of rotatable bonds is 4. The van der Waals surface area contributed by atoms with Crippen LogP contribution in [0.25, 0.3) is 0 Å². The summed E-state index contributed by atoms with van der Waals surface area (Å²) in [7, 11) is 0. The lowest BCUT2D eigenvalue weighted by atomic mass is 10.2. The first kappa shape index (κ1) is 18.1. The molecule has 8 heteroatoms. The fraction of sp³-hybridized carbons (Fsp3) is 0.200. The molecule has 0 fully saturated rings. The fourth-order valence-electron chi connectivity index (χ4n) is 1.65. The number of thioether (sulfide) groups is 2. The van der Waals surface area contributed by atoms with Gasteiger partial charge in [-0.05, 0) is 48.5 Å². The van der Waals surface area contributed by atoms with Gasteiger partial charge in [0.25, 0.3) is 0 Å². The molecule has 2 aromatic rings. The van der Waals surface area contributed by atoms with Crippen molar-refractivity contribution in [2.75, 3.05) is 5.08 Å². The summed E-state index contributed by atoms with van der Waals surface area (Å²) in [5, 5.41) is 0.483. The van der Waals surface area contributed by atoms with Gasteiger partial charge in [-0.3, -0.25) is 0 Å². The summed E-state index contributed by atoms with van der Waals surface area (Å²) >= 11 is 2.64. The molecule has 2 aromatic carbocycles. The van der Waals surface area contributed by atoms with Gasteiger partial charge in [-0.2, -0.15) is 26.3 Å². The van der Waals surface area contributed by atoms with Crippen LogP contribution in [0.4, 0.5) is 26.3 Å². The molecule has 0 heterocycles. The quantitative estimate of drug-likeness (QED) is 0.340. The third kappa shape index (κ3) is 5.39. The highest BCUT2D eigenvalue weighted by molar-refractivity contribution is 8.16. The van der Waals surface area contributed by atoms with Gasteiger partial charge >= 0.3 is 12.4 Å². The van der Waals surface area contributed by atoms with E-state index in [-0.39, 0.29) is 0 Å². The van der Waals surface area contributed by atoms with E-state index in [0.717, 1.165) is 24.3 Å². The molecule has 0 aromatic heterocycles. The molecule has 0 radical (unpaired) electrons. The SMILES string of the molecule is FC(F)(F)c1ccc(SCSc2ccc(C(F)(F)F)cc2)cc1. The van der Waals surface area contributed by atoms with E-state index < -0.39 is 23.5 Å². The summed E-state index contributed by atoms with van der Waals surface area (Å²) < 4.78 is 74.5. The zero-order valence-corrected chi connectivity index (χ0v) is 13.0. The van der Waals surface area contributed by atoms with E-state index >= 15 is 0 Å². The zero-order chi connectivity index (χ0) is 17.1. The highest BCUT2D eigenvalue weighted by Crippen LogP contribution is 2.34. The Morgan fingerprint density at radius 1 is 0.565 bits per heavy atom. The molecule has 0 amide bonds. The summed E-state index contributed by atoms with van der Waals surface area (Å²) in [6, 6.07) is 9.52. The third-order valence-corrected chi connectivity index (χ3v) is 4.97. The van der Waals surface area contributed by atoms with Gasteiger partial charge in [0.2, 0.25) is 0 Å². The van der Waals surface area contributed by atoms with Crippen molar-refractivity contribution in [3.63, 3.8) is 0 Å². The van der Waals surface area contributed by atoms with Gasteiger partial charge in [-0.1, -0.05) is 0 Å². The molecule has 2 rings (SSSR count). The van der Waals surface area contributed by atoms with Crippen molar-refractivity contribution in [3.05, 3.63) is 59.7 Å². The van der Waals surface area contributed by atoms with Crippen LogP contribution in [0.15, 0.2) is 58.3 Å². The molecule has 0 nitrogen and oxygen atoms in total. The first-order valence-corrected chi connectivity index (χ1v) is 8.23. The number of alkyl halides is 6. The van der Waals surface area contributed by atoms with Crippen molar-refractivity contribution < 1.29 is 26.3 Å². The minimum Gasteiger partial charge on any atom is -0.166 e. The van der Waals surface area contributed by atoms with Crippen LogP contribution >= 0.6 is 23.5 Å². The van der Waals surface area contributed by atoms with Crippen molar-refractivity contribution in [2.24, 2.45) is 0 Å². The maximum atomic E-state index is 12.4. The van der Waals surface area contributed by atoms with E-state index in [0.29, 0.717) is 14.9 Å². The molecular weight excluding hydrogens is 358 g/mol. The van der Waals surface area contributed by atoms with E-state index in [1.807, 2.05) is 0 Å². The van der Waals surface area contributed by atoms with Gasteiger partial charge in [0.15, 0.2) is 0 Å². The largest absolute Gasteiger partial charge is 0.416 e. The molecule has 0 aliphatic heterocycles. The second kappa shape index (κ2) is 7.09. The van der Waals surface area contributed by atoms with Crippen LogP contribution in [0.1, 0.15) is 11.1 Å². The molecule has 0 saturated heterocycles. The van der Waals surface area contributed by atoms with Crippen molar-refractivity contribution in [3.8, 4) is 0 Å². The maximum Gasteiger partial charge on any atom is 0.416 e. The monoisotopic (exact) mass is 368 g/mol. The number of benzene rings is 2. The maximum absolute atomic E-state index is 12.4. The average Bonchev–Trinajstić information content (AvgIpc) is 2.46. The lowest BCUT2D eigenvalue weighted by molar-refractivity contribution is -0.138. The van der Waals surface area contributed by atoms with Crippen LogP contribution in [0.2, 0.25) is 0 Å². The van der Waals surface area contributed by atoms with E-state index in [9.17, 15) is 26.3 Å². The molecule has 124 valence electrons. The Hall–Kier alpha value is -1.28. The highest BCUT2D eigenvalue weighted by atomic mass is 32.2. The van der Waals surface area contributed by atoms with Crippen LogP contribution in [0.3, 0.4) is 0 Å². The molecular formula is C15H10F6S2. The van der Waals surface area contributed by atoms with Crippen molar-refractivity contribution in [1.29, 1.82) is 0 Å². The minimum absolute atomic E-state index is 0.483. The predicted octanol–water partition coefficient (Wildman–Crippen LogP) is 6.57. The molecule has 0 aliphatic rings. The van der Waals surface area contributed by atoms with E-state index in [4.69, 9.17) is 0 Å². The first-order chi connectivity index (χ1) is 10.7. The number of hydrogen-bond donors (Lipinski definition) is 0. The Labute approximate surface area is 137 Å². The van der Waals surface area contributed by atoms with Crippen molar-refractivity contribution in [2.45, 2.75) is 22.1 Å². The number of hydrogen-bond acceptors (Lipinski definition) is 2. The van der Waals surface area contributed by atoms with Gasteiger partial charge in [-0.15, -0.1) is 23.5 Å². The summed E-state index contributed by atoms with van der Waals surface area (Å²) in [6.07, 6.45) is -8.73. The summed E-state index contributed by atoms with van der Waals surface area (Å²) in [5.74, 6) is 0. The Morgan fingerprint density at radius 3 is 1.13 bits per heavy atom. The molecule has 0 atom stereocenters. The molecule has 0 aliphatic carbocycles. The molecule has 0 spiro atoms. The van der Waals surface area contributed by atoms with Gasteiger partial charge in [0.05, 0.1) is 11.1 Å². The van der Waals surface area contributed by atoms with Crippen LogP contribution in [0.5, 0.6) is 0 Å². The van der Waals surface area contributed by atoms with Gasteiger partial charge in [-0.25, -0.2) is 0 Å². The van der Waals surface area contributed by atoms with Crippen molar-refractivity contribution in [1.82, 2.24) is 0 Å². The second-order valence-corrected chi connectivity index (χ2v) is 6.91. The minimum atomic E-state index is -4.36. The summed E-state index contributed by atoms with van der Waals surface area (Å²) in [4.78, 5) is 1.33. The van der Waals surface area contributed by atoms with Gasteiger partial charge < -0.3 is 0 Å². The molecule has 0 unspecified atom stereocenters. The molecule has 23 heavy (non-hydrogen) atoms. The number of halogens is 6. The van der Waals surface area contributed by atoms with Gasteiger partial charge in [0.1, 0.15) is 0 Å². The highest BCUT2D eigenvalue weighted by Gasteiger charge is 2.30. The molecule has 0 saturated carbocycles. The Bertz CT molecular complexity index is 572. The van der Waals surface area contributed by atoms with E-state index in [1.54, 1.807) is 0 Å². The summed E-state index contributed by atoms with van der Waals surface area (Å²) in [6.45, 7) is 0. The topological polar surface area (TPSA) is 0 Å². The zero-order valence-electron chi connectivity index (χ0n) is 11.4. The van der Waals surface area contributed by atoms with Crippen LogP contribution in [0, 0.1) is 0 Å². The Morgan fingerprint density at radius 2 is 0.870 bits per heavy atom. The van der Waals surface area contributed by atoms with Crippen LogP contribution < -0.4 is 0 Å². The Balaban J connectivity index is 1.87. The lowest BCUT2D eigenvalue weighted by Gasteiger charge is -2.08. The molecule has 0 N–H and O–H groups in total. The third-order valence-electron chi connectivity index (χ3n) is 2.81. The average molecular weight is 368 g/mol. The fourth-order valence-corrected chi connectivity index (χ4v) is 3.63. The lowest BCUT2D eigenvalue weighted by Crippen LogP contribution is -2.04.